The molecule has 4 aliphatic rings. The van der Waals surface area contributed by atoms with E-state index in [4.69, 9.17) is 14.2 Å². The average molecular weight is 1650 g/mol. The van der Waals surface area contributed by atoms with Gasteiger partial charge in [0.05, 0.1) is 112 Å². The van der Waals surface area contributed by atoms with Crippen LogP contribution in [0.25, 0.3) is 40.6 Å². The summed E-state index contributed by atoms with van der Waals surface area (Å²) in [5.41, 5.74) is -5.67. The van der Waals surface area contributed by atoms with Gasteiger partial charge in [-0.05, 0) is 73.9 Å². The quantitative estimate of drug-likeness (QED) is 0.0413. The zero-order chi connectivity index (χ0) is 77.0. The minimum Gasteiger partial charge on any atom is -0.496 e. The summed E-state index contributed by atoms with van der Waals surface area (Å²) in [6, 6.07) is 37.5. The second kappa shape index (κ2) is 38.9. The van der Waals surface area contributed by atoms with Gasteiger partial charge in [-0.25, -0.2) is 59.3 Å². The van der Waals surface area contributed by atoms with Gasteiger partial charge < -0.3 is 27.2 Å². The standard InChI is InChI=1S/C19H26NO3S2.C15H17O3S2.C15H17O2S2.C12H18F4O2.C2H3F3NO4S2.C2H6NO4S2/c1-3-4-15-25(21,22)20-11-13-24(14-12-20)19-10-9-18(23-2)16-7-5-6-8-17(16)19;1-18-14-6-7-15(13-5-3-2-4-12(13)14)19-8-10-20(16,17)11-9-19;1-17-14-6-7-15(13-5-3-2-4-12(13)14)18-8-10-19(16)11-9-18;1-11(13,14)12(15,16)7-8-18-10(17)9-5-3-2-4-6-9;1-11(7,8)6-12(9,10)2(3,4)5;1-8(4,5)3-9(2,6)7/h5-10H,3-4,11-15H2,1-2H3;2-7H,8-11H2,1H3;2-7H,8-11H2,1H3;9H,2-8H2,1H3;1H3;1-2H3/q3*+1;;2*-1. The number of ether oxygens (including phenoxy) is 4. The molecule has 4 fully saturated rings. The second-order valence-corrected chi connectivity index (χ2v) is 43.6. The largest absolute Gasteiger partial charge is 0.496 e. The number of rotatable bonds is 19. The third kappa shape index (κ3) is 28.1. The Morgan fingerprint density at radius 3 is 1.25 bits per heavy atom. The minimum absolute atomic E-state index is 0.0258. The Kier molecular flexibility index (Phi) is 33.5. The number of methoxy groups -OCH3 is 3. The maximum Gasteiger partial charge on any atom is 0.480 e. The molecule has 1 saturated carbocycles. The molecule has 0 N–H and O–H groups in total. The number of carbonyl (C=O) groups excluding carboxylic acids is 1. The van der Waals surface area contributed by atoms with Gasteiger partial charge in [-0.3, -0.25) is 9.00 Å². The van der Waals surface area contributed by atoms with E-state index in [1.54, 1.807) is 29.8 Å². The zero-order valence-electron chi connectivity index (χ0n) is 57.9. The molecule has 0 unspecified atom stereocenters. The molecule has 3 heterocycles. The first kappa shape index (κ1) is 88.9. The Balaban J connectivity index is 0.000000228. The van der Waals surface area contributed by atoms with Crippen LogP contribution in [0.2, 0.25) is 0 Å². The third-order valence-corrected chi connectivity index (χ3v) is 33.5. The number of halogens is 7. The van der Waals surface area contributed by atoms with Crippen molar-refractivity contribution in [1.82, 2.24) is 4.31 Å². The fourth-order valence-corrected chi connectivity index (χ4v) is 28.5. The summed E-state index contributed by atoms with van der Waals surface area (Å²) in [6.07, 6.45) is 6.48. The van der Waals surface area contributed by atoms with Gasteiger partial charge >= 0.3 is 23.3 Å². The number of sulfone groups is 1. The number of fused-ring (bicyclic) bond motifs is 3. The summed E-state index contributed by atoms with van der Waals surface area (Å²) in [4.78, 5) is 15.5. The van der Waals surface area contributed by atoms with Crippen molar-refractivity contribution < 1.29 is 109 Å². The van der Waals surface area contributed by atoms with E-state index < -0.39 is 107 Å². The second-order valence-electron chi connectivity index (χ2n) is 23.8. The molecule has 3 aliphatic heterocycles. The fourth-order valence-electron chi connectivity index (χ4n) is 10.7. The molecule has 103 heavy (non-hydrogen) atoms. The van der Waals surface area contributed by atoms with E-state index in [9.17, 15) is 90.2 Å². The molecule has 21 nitrogen and oxygen atoms in total. The lowest BCUT2D eigenvalue weighted by Crippen LogP contribution is -2.44. The van der Waals surface area contributed by atoms with E-state index in [2.05, 4.69) is 81.7 Å². The van der Waals surface area contributed by atoms with E-state index in [0.717, 1.165) is 106 Å². The predicted molar refractivity (Wildman–Crippen MR) is 398 cm³/mol. The van der Waals surface area contributed by atoms with Crippen LogP contribution in [-0.2, 0) is 113 Å². The number of unbranched alkanes of at least 4 members (excludes halogenated alkanes) is 1. The van der Waals surface area contributed by atoms with Crippen LogP contribution < -0.4 is 14.2 Å². The molecule has 578 valence electrons. The fraction of sp³-hybridized carbons (Fsp3) is 0.523. The molecule has 0 atom stereocenters. The first-order valence-corrected chi connectivity index (χ1v) is 48.5. The summed E-state index contributed by atoms with van der Waals surface area (Å²) in [5.74, 6) is 1.71. The van der Waals surface area contributed by atoms with Gasteiger partial charge in [-0.1, -0.05) is 87.2 Å². The van der Waals surface area contributed by atoms with Gasteiger partial charge in [-0.2, -0.15) is 26.3 Å². The molecule has 0 amide bonds. The van der Waals surface area contributed by atoms with Gasteiger partial charge in [0.15, 0.2) is 34.5 Å². The van der Waals surface area contributed by atoms with Crippen LogP contribution in [0.3, 0.4) is 0 Å². The van der Waals surface area contributed by atoms with Crippen molar-refractivity contribution in [3.05, 3.63) is 117 Å². The number of alkyl halides is 7. The van der Waals surface area contributed by atoms with Crippen LogP contribution in [0.5, 0.6) is 17.2 Å². The molecular weight excluding hydrogens is 1560 g/mol. The van der Waals surface area contributed by atoms with E-state index in [1.807, 2.05) is 43.3 Å². The van der Waals surface area contributed by atoms with Crippen molar-refractivity contribution in [2.24, 2.45) is 5.92 Å². The number of nitrogens with zero attached hydrogens (tertiary/aromatic N) is 3. The van der Waals surface area contributed by atoms with Gasteiger partial charge in [0.25, 0.3) is 0 Å². The summed E-state index contributed by atoms with van der Waals surface area (Å²) >= 11 is 0. The smallest absolute Gasteiger partial charge is 0.480 e. The van der Waals surface area contributed by atoms with Crippen LogP contribution in [0.1, 0.15) is 65.2 Å². The monoisotopic (exact) mass is 1650 g/mol. The highest BCUT2D eigenvalue weighted by molar-refractivity contribution is 8.12. The first-order valence-electron chi connectivity index (χ1n) is 31.9. The molecule has 1 aliphatic carbocycles. The predicted octanol–water partition coefficient (Wildman–Crippen LogP) is 11.4. The van der Waals surface area contributed by atoms with Gasteiger partial charge in [0.2, 0.25) is 10.0 Å². The molecule has 3 saturated heterocycles. The highest BCUT2D eigenvalue weighted by atomic mass is 32.3. The van der Waals surface area contributed by atoms with Crippen molar-refractivity contribution in [1.29, 1.82) is 0 Å². The number of carbonyl (C=O) groups is 1. The van der Waals surface area contributed by atoms with Crippen molar-refractivity contribution in [3.8, 4) is 17.2 Å². The van der Waals surface area contributed by atoms with Crippen molar-refractivity contribution >= 4 is 142 Å². The molecule has 0 aromatic heterocycles. The van der Waals surface area contributed by atoms with Crippen molar-refractivity contribution in [2.45, 2.75) is 97.3 Å². The Hall–Kier alpha value is -4.74. The Labute approximate surface area is 611 Å². The lowest BCUT2D eigenvalue weighted by molar-refractivity contribution is -0.207. The lowest BCUT2D eigenvalue weighted by Gasteiger charge is -2.26. The number of benzene rings is 6. The molecule has 10 rings (SSSR count). The minimum atomic E-state index is -5.92. The van der Waals surface area contributed by atoms with Crippen LogP contribution in [0.4, 0.5) is 30.7 Å². The van der Waals surface area contributed by atoms with Crippen molar-refractivity contribution in [3.63, 3.8) is 0 Å². The number of sulfonamides is 5. The van der Waals surface area contributed by atoms with Crippen LogP contribution in [0.15, 0.2) is 124 Å². The molecule has 6 aromatic carbocycles. The molecular formula is C65H87F7N3O18S10+. The summed E-state index contributed by atoms with van der Waals surface area (Å²) in [7, 11) is -19.0. The summed E-state index contributed by atoms with van der Waals surface area (Å²) in [6.45, 7) is 2.80. The third-order valence-electron chi connectivity index (χ3n) is 15.9. The molecule has 0 radical (unpaired) electrons. The molecule has 0 spiro atoms. The van der Waals surface area contributed by atoms with E-state index >= 15 is 0 Å². The van der Waals surface area contributed by atoms with Crippen LogP contribution >= 0.6 is 0 Å². The Morgan fingerprint density at radius 1 is 0.553 bits per heavy atom. The van der Waals surface area contributed by atoms with Crippen molar-refractivity contribution in [2.75, 3.05) is 123 Å². The maximum absolute atomic E-state index is 12.9. The molecule has 6 aromatic rings. The Morgan fingerprint density at radius 2 is 0.922 bits per heavy atom. The molecule has 38 heteroatoms. The average Bonchev–Trinajstić information content (AvgIpc) is 0.794. The molecule has 0 bridgehead atoms. The highest BCUT2D eigenvalue weighted by Gasteiger charge is 2.52. The van der Waals surface area contributed by atoms with E-state index in [1.165, 1.54) is 36.2 Å². The van der Waals surface area contributed by atoms with Crippen LogP contribution in [0, 0.1) is 5.92 Å². The highest BCUT2D eigenvalue weighted by Crippen LogP contribution is 2.39. The summed E-state index contributed by atoms with van der Waals surface area (Å²) < 4.78 is 252. The van der Waals surface area contributed by atoms with E-state index in [0.29, 0.717) is 49.9 Å². The topological polar surface area (TPSA) is 307 Å². The Bertz CT molecular complexity index is 4510. The zero-order valence-corrected chi connectivity index (χ0v) is 66.1. The lowest BCUT2D eigenvalue weighted by atomic mass is 9.89. The van der Waals surface area contributed by atoms with Gasteiger partial charge in [0.1, 0.15) is 51.8 Å². The number of hydrogen-bond donors (Lipinski definition) is 0. The van der Waals surface area contributed by atoms with E-state index in [-0.39, 0.29) is 57.5 Å². The normalized spacial score (nSPS) is 18.3. The number of hydrogen-bond acceptors (Lipinski definition) is 18. The number of esters is 1. The van der Waals surface area contributed by atoms with Gasteiger partial charge in [0, 0.05) is 101 Å². The SMILES string of the molecule is CC(F)(F)C(F)(F)CCOC(=O)C1CCCCC1.CCCCS(=O)(=O)N1CC[S+](c2ccc(OC)c3ccccc23)CC1.COc1ccc([S+]2CCS(=O)(=O)CC2)c2ccccc12.COc1ccc([S+]2CCS(=O)CC2)c2ccccc12.CS(=O)(=O)[N-]S(=O)(=O)C(F)(F)F.CS(=O)(=O)[N-]S(C)(=O)=O. The maximum atomic E-state index is 12.9. The summed E-state index contributed by atoms with van der Waals surface area (Å²) in [5, 5.41) is 7.13. The van der Waals surface area contributed by atoms with Crippen LogP contribution in [-0.4, -0.2) is 205 Å². The van der Waals surface area contributed by atoms with Gasteiger partial charge in [-0.15, -0.1) is 0 Å². The first-order chi connectivity index (χ1) is 47.9.